The minimum absolute atomic E-state index is 0. The Kier molecular flexibility index (Phi) is 200. The Balaban J connectivity index is -0.00000000333. The van der Waals surface area contributed by atoms with Crippen LogP contribution in [-0.4, -0.2) is 90.2 Å². The topological polar surface area (TPSA) is 37.3 Å². The van der Waals surface area contributed by atoms with Crippen LogP contribution in [0.25, 0.3) is 0 Å². The van der Waals surface area contributed by atoms with E-state index in [-0.39, 0.29) is 70.4 Å². The molecule has 0 spiro atoms. The molecule has 0 aliphatic rings. The van der Waals surface area contributed by atoms with Gasteiger partial charge in [0.05, 0.1) is 0 Å². The second-order valence-corrected chi connectivity index (χ2v) is 0.474. The Bertz CT molecular complexity index is 13.6. The van der Waals surface area contributed by atoms with Crippen LogP contribution < -0.4 is 0 Å². The van der Waals surface area contributed by atoms with Gasteiger partial charge in [-0.05, 0) is 0 Å². The predicted octanol–water partition coefficient (Wildman–Crippen LogP) is -4.99. The normalized spacial score (nSPS) is 1.71. The van der Waals surface area contributed by atoms with Gasteiger partial charge in [0.1, 0.15) is 0 Å². The van der Waals surface area contributed by atoms with Crippen molar-refractivity contribution in [3.63, 3.8) is 0 Å². The Morgan fingerprint density at radius 1 is 1.14 bits per heavy atom. The maximum atomic E-state index is 8.61. The van der Waals surface area contributed by atoms with Crippen molar-refractivity contribution in [3.8, 4) is 0 Å². The summed E-state index contributed by atoms with van der Waals surface area (Å²) in [6.07, 6.45) is 0. The zero-order chi connectivity index (χ0) is 2.71. The quantitative estimate of drug-likeness (QED) is 0.410. The van der Waals surface area contributed by atoms with Crippen molar-refractivity contribution < 1.29 is 7.91 Å². The summed E-state index contributed by atoms with van der Waals surface area (Å²) in [6, 6.07) is 0. The minimum atomic E-state index is -1.75. The Labute approximate surface area is 92.9 Å². The van der Waals surface area contributed by atoms with Gasteiger partial charge in [-0.2, -0.15) is 0 Å². The fraction of sp³-hybridized carbons (Fsp3) is 0. The van der Waals surface area contributed by atoms with E-state index in [1.807, 2.05) is 0 Å². The first-order chi connectivity index (χ1) is 1.41. The van der Waals surface area contributed by atoms with Crippen LogP contribution in [0.1, 0.15) is 0 Å². The van der Waals surface area contributed by atoms with Crippen LogP contribution in [0.3, 0.4) is 0 Å². The fourth-order valence-corrected chi connectivity index (χ4v) is 0. The van der Waals surface area contributed by atoms with Gasteiger partial charge in [0, 0.05) is 0 Å². The van der Waals surface area contributed by atoms with Crippen LogP contribution in [0, 0.1) is 0 Å². The molecule has 0 saturated heterocycles. The van der Waals surface area contributed by atoms with E-state index in [0.717, 1.165) is 0 Å². The fourth-order valence-electron chi connectivity index (χ4n) is 0. The van der Waals surface area contributed by atoms with Gasteiger partial charge in [-0.25, -0.2) is 0 Å². The SMILES string of the molecule is [GeH2].[GeH2].[GeH2].[GeH3].[O]=[Ge][OH]. The zero-order valence-corrected chi connectivity index (χ0v) is 19.7. The molecule has 7 heavy (non-hydrogen) atoms. The molecule has 0 amide bonds. The molecular weight excluding hydrogens is 395 g/mol. The van der Waals surface area contributed by atoms with Gasteiger partial charge in [0.15, 0.2) is 0 Å². The molecule has 0 heterocycles. The van der Waals surface area contributed by atoms with Gasteiger partial charge in [-0.1, -0.05) is 0 Å². The second-order valence-electron chi connectivity index (χ2n) is 0.0913. The van der Waals surface area contributed by atoms with E-state index in [1.165, 1.54) is 0 Å². The van der Waals surface area contributed by atoms with Crippen LogP contribution in [0.5, 0.6) is 0 Å². The van der Waals surface area contributed by atoms with Crippen LogP contribution in [0.2, 0.25) is 0 Å². The third-order valence-electron chi connectivity index (χ3n) is 0. The molecule has 0 aliphatic carbocycles. The van der Waals surface area contributed by atoms with E-state index in [9.17, 15) is 0 Å². The molecule has 42 valence electrons. The molecule has 0 atom stereocenters. The standard InChI is InChI=1S/GeHO2.GeH3.3GeH2/c2-1-3;;;;/h2H;1H3;3*1H2. The molecule has 0 aliphatic heterocycles. The van der Waals surface area contributed by atoms with E-state index in [2.05, 4.69) is 0 Å². The predicted molar refractivity (Wildman–Crippen MR) is 44.2 cm³/mol. The Morgan fingerprint density at radius 2 is 1.14 bits per heavy atom. The van der Waals surface area contributed by atoms with Gasteiger partial charge in [-0.3, -0.25) is 0 Å². The van der Waals surface area contributed by atoms with Crippen molar-refractivity contribution in [2.24, 2.45) is 0 Å². The summed E-state index contributed by atoms with van der Waals surface area (Å²) in [7, 11) is 0. The summed E-state index contributed by atoms with van der Waals surface area (Å²) in [5, 5.41) is 0. The summed E-state index contributed by atoms with van der Waals surface area (Å²) in [4.78, 5) is 0. The van der Waals surface area contributed by atoms with Crippen molar-refractivity contribution in [2.75, 3.05) is 0 Å². The summed E-state index contributed by atoms with van der Waals surface area (Å²) in [5.74, 6) is 0. The van der Waals surface area contributed by atoms with Crippen molar-refractivity contribution >= 4 is 86.1 Å². The molecule has 0 aromatic rings. The van der Waals surface area contributed by atoms with Crippen molar-refractivity contribution in [1.82, 2.24) is 0 Å². The molecule has 0 fully saturated rings. The van der Waals surface area contributed by atoms with Gasteiger partial charge in [-0.15, -0.1) is 0 Å². The summed E-state index contributed by atoms with van der Waals surface area (Å²) >= 11 is -1.75. The van der Waals surface area contributed by atoms with Crippen molar-refractivity contribution in [3.05, 3.63) is 0 Å². The molecule has 0 rings (SSSR count). The van der Waals surface area contributed by atoms with Gasteiger partial charge in [0.2, 0.25) is 0 Å². The van der Waals surface area contributed by atoms with E-state index < -0.39 is 15.7 Å². The van der Waals surface area contributed by atoms with Crippen LogP contribution in [0.4, 0.5) is 0 Å². The zero-order valence-electron chi connectivity index (χ0n) is 4.48. The van der Waals surface area contributed by atoms with Crippen LogP contribution in [0.15, 0.2) is 0 Å². The molecule has 0 aromatic carbocycles. The third-order valence-corrected chi connectivity index (χ3v) is 0. The molecule has 0 aromatic heterocycles. The summed E-state index contributed by atoms with van der Waals surface area (Å²) in [5.41, 5.74) is 0. The molecule has 1 N–H and O–H groups in total. The van der Waals surface area contributed by atoms with E-state index in [1.54, 1.807) is 0 Å². The number of hydrogen-bond acceptors (Lipinski definition) is 1. The molecule has 2 nitrogen and oxygen atoms in total. The van der Waals surface area contributed by atoms with E-state index in [4.69, 9.17) is 7.91 Å². The van der Waals surface area contributed by atoms with Crippen LogP contribution >= 0.6 is 0 Å². The number of rotatable bonds is 0. The van der Waals surface area contributed by atoms with Crippen LogP contribution in [-0.2, 0) is 3.78 Å². The number of hydrogen-bond donors (Lipinski definition) is 1. The second kappa shape index (κ2) is 40.5. The first-order valence-corrected chi connectivity index (χ1v) is 2.22. The summed E-state index contributed by atoms with van der Waals surface area (Å²) in [6.45, 7) is 0. The first-order valence-electron chi connectivity index (χ1n) is 0.428. The monoisotopic (exact) mass is 412 g/mol. The average Bonchev–Trinajstić information content (AvgIpc) is 0.918. The van der Waals surface area contributed by atoms with Gasteiger partial charge < -0.3 is 0 Å². The van der Waals surface area contributed by atoms with Crippen molar-refractivity contribution in [1.29, 1.82) is 0 Å². The third kappa shape index (κ3) is 61.9. The van der Waals surface area contributed by atoms with E-state index >= 15 is 0 Å². The van der Waals surface area contributed by atoms with Gasteiger partial charge >= 0.3 is 94.0 Å². The first kappa shape index (κ1) is 34.6. The Hall–Kier alpha value is 2.31. The maximum absolute atomic E-state index is 8.61. The summed E-state index contributed by atoms with van der Waals surface area (Å²) < 4.78 is 15.8. The molecule has 0 bridgehead atoms. The van der Waals surface area contributed by atoms with Crippen molar-refractivity contribution in [2.45, 2.75) is 0 Å². The van der Waals surface area contributed by atoms with E-state index in [0.29, 0.717) is 0 Å². The molecule has 7 heteroatoms. The average molecular weight is 405 g/mol. The molecular formula is H10Ge5O2. The molecule has 8 radical (unpaired) electrons. The Morgan fingerprint density at radius 3 is 1.14 bits per heavy atom. The molecule has 0 unspecified atom stereocenters. The van der Waals surface area contributed by atoms with Gasteiger partial charge in [0.25, 0.3) is 0 Å². The molecule has 0 saturated carbocycles.